The first-order valence-corrected chi connectivity index (χ1v) is 4.18. The number of aliphatic hydroxyl groups excluding tert-OH is 2. The number of aliphatic hydroxyl groups is 2. The fourth-order valence-electron chi connectivity index (χ4n) is 0.676. The number of carbonyl (C=O) groups is 1. The first-order chi connectivity index (χ1) is 6.85. The second kappa shape index (κ2) is 6.59. The summed E-state index contributed by atoms with van der Waals surface area (Å²) in [6.07, 6.45) is -5.46. The fourth-order valence-corrected chi connectivity index (χ4v) is 0.676. The van der Waals surface area contributed by atoms with E-state index in [2.05, 4.69) is 5.32 Å². The van der Waals surface area contributed by atoms with Gasteiger partial charge in [-0.1, -0.05) is 0 Å². The summed E-state index contributed by atoms with van der Waals surface area (Å²) in [5.74, 6) is -0.674. The van der Waals surface area contributed by atoms with Crippen LogP contribution in [0.25, 0.3) is 0 Å². The van der Waals surface area contributed by atoms with E-state index < -0.39 is 37.9 Å². The molecule has 90 valence electrons. The normalized spacial score (nSPS) is 13.7. The highest BCUT2D eigenvalue weighted by atomic mass is 19.4. The lowest BCUT2D eigenvalue weighted by molar-refractivity contribution is -0.128. The SMILES string of the molecule is O=C(CNCC(F)(F)F)NCC(O)CO. The summed E-state index contributed by atoms with van der Waals surface area (Å²) < 4.78 is 34.8. The van der Waals surface area contributed by atoms with E-state index in [1.165, 1.54) is 0 Å². The van der Waals surface area contributed by atoms with Gasteiger partial charge in [0.2, 0.25) is 5.91 Å². The molecule has 0 aromatic heterocycles. The van der Waals surface area contributed by atoms with Crippen LogP contribution in [-0.4, -0.2) is 54.6 Å². The van der Waals surface area contributed by atoms with Crippen LogP contribution in [0, 0.1) is 0 Å². The molecule has 0 aliphatic heterocycles. The summed E-state index contributed by atoms with van der Waals surface area (Å²) in [5, 5.41) is 21.2. The molecule has 0 heterocycles. The summed E-state index contributed by atoms with van der Waals surface area (Å²) in [4.78, 5) is 10.8. The average Bonchev–Trinajstić information content (AvgIpc) is 2.12. The van der Waals surface area contributed by atoms with Gasteiger partial charge in [0.25, 0.3) is 0 Å². The third-order valence-corrected chi connectivity index (χ3v) is 1.36. The van der Waals surface area contributed by atoms with E-state index in [0.29, 0.717) is 0 Å². The molecule has 1 amide bonds. The van der Waals surface area contributed by atoms with Gasteiger partial charge in [-0.2, -0.15) is 13.2 Å². The van der Waals surface area contributed by atoms with Crippen LogP contribution in [0.2, 0.25) is 0 Å². The van der Waals surface area contributed by atoms with E-state index in [4.69, 9.17) is 10.2 Å². The van der Waals surface area contributed by atoms with Crippen LogP contribution in [0.3, 0.4) is 0 Å². The van der Waals surface area contributed by atoms with Crippen LogP contribution < -0.4 is 10.6 Å². The number of carbonyl (C=O) groups excluding carboxylic acids is 1. The highest BCUT2D eigenvalue weighted by Gasteiger charge is 2.26. The van der Waals surface area contributed by atoms with Crippen molar-refractivity contribution in [1.29, 1.82) is 0 Å². The minimum absolute atomic E-state index is 0.191. The van der Waals surface area contributed by atoms with Gasteiger partial charge in [0.05, 0.1) is 25.8 Å². The summed E-state index contributed by atoms with van der Waals surface area (Å²) in [6, 6.07) is 0. The Kier molecular flexibility index (Phi) is 6.21. The Labute approximate surface area is 84.3 Å². The van der Waals surface area contributed by atoms with E-state index in [-0.39, 0.29) is 6.54 Å². The summed E-state index contributed by atoms with van der Waals surface area (Å²) >= 11 is 0. The van der Waals surface area contributed by atoms with Gasteiger partial charge in [0.15, 0.2) is 0 Å². The lowest BCUT2D eigenvalue weighted by Gasteiger charge is -2.10. The topological polar surface area (TPSA) is 81.6 Å². The fraction of sp³-hybridized carbons (Fsp3) is 0.857. The van der Waals surface area contributed by atoms with Gasteiger partial charge in [-0.05, 0) is 0 Å². The molecule has 0 aromatic rings. The van der Waals surface area contributed by atoms with Gasteiger partial charge in [-0.25, -0.2) is 0 Å². The zero-order chi connectivity index (χ0) is 11.9. The van der Waals surface area contributed by atoms with Gasteiger partial charge in [-0.15, -0.1) is 0 Å². The molecule has 15 heavy (non-hydrogen) atoms. The maximum Gasteiger partial charge on any atom is 0.401 e. The largest absolute Gasteiger partial charge is 0.401 e. The van der Waals surface area contributed by atoms with Crippen LogP contribution in [0.1, 0.15) is 0 Å². The number of halogens is 3. The molecule has 0 aliphatic carbocycles. The number of alkyl halides is 3. The van der Waals surface area contributed by atoms with E-state index in [0.717, 1.165) is 0 Å². The van der Waals surface area contributed by atoms with Crippen molar-refractivity contribution in [2.45, 2.75) is 12.3 Å². The number of hydrogen-bond donors (Lipinski definition) is 4. The molecule has 0 aromatic carbocycles. The molecule has 0 radical (unpaired) electrons. The van der Waals surface area contributed by atoms with Crippen molar-refractivity contribution >= 4 is 5.91 Å². The van der Waals surface area contributed by atoms with Crippen molar-refractivity contribution in [3.63, 3.8) is 0 Å². The highest BCUT2D eigenvalue weighted by Crippen LogP contribution is 2.11. The van der Waals surface area contributed by atoms with Crippen LogP contribution >= 0.6 is 0 Å². The lowest BCUT2D eigenvalue weighted by Crippen LogP contribution is -2.41. The van der Waals surface area contributed by atoms with Crippen molar-refractivity contribution in [1.82, 2.24) is 10.6 Å². The minimum atomic E-state index is -4.36. The molecule has 0 aliphatic rings. The molecule has 0 spiro atoms. The maximum absolute atomic E-state index is 11.6. The van der Waals surface area contributed by atoms with Gasteiger partial charge in [0.1, 0.15) is 0 Å². The van der Waals surface area contributed by atoms with Crippen molar-refractivity contribution in [3.05, 3.63) is 0 Å². The summed E-state index contributed by atoms with van der Waals surface area (Å²) in [6.45, 7) is -2.44. The number of amides is 1. The Balaban J connectivity index is 3.50. The van der Waals surface area contributed by atoms with Crippen LogP contribution in [0.15, 0.2) is 0 Å². The molecule has 4 N–H and O–H groups in total. The number of hydrogen-bond acceptors (Lipinski definition) is 4. The Bertz CT molecular complexity index is 198. The number of rotatable bonds is 6. The maximum atomic E-state index is 11.6. The van der Waals surface area contributed by atoms with Crippen molar-refractivity contribution in [3.8, 4) is 0 Å². The molecule has 8 heteroatoms. The van der Waals surface area contributed by atoms with Crippen molar-refractivity contribution in [2.75, 3.05) is 26.2 Å². The third-order valence-electron chi connectivity index (χ3n) is 1.36. The molecule has 0 bridgehead atoms. The lowest BCUT2D eigenvalue weighted by atomic mass is 10.4. The Hall–Kier alpha value is -0.860. The average molecular weight is 230 g/mol. The molecule has 0 saturated heterocycles. The Morgan fingerprint density at radius 3 is 2.47 bits per heavy atom. The summed E-state index contributed by atoms with van der Waals surface area (Å²) in [5.41, 5.74) is 0. The van der Waals surface area contributed by atoms with Gasteiger partial charge in [0, 0.05) is 6.54 Å². The Morgan fingerprint density at radius 1 is 1.40 bits per heavy atom. The molecule has 5 nitrogen and oxygen atoms in total. The van der Waals surface area contributed by atoms with E-state index in [1.54, 1.807) is 0 Å². The van der Waals surface area contributed by atoms with Crippen LogP contribution in [-0.2, 0) is 4.79 Å². The third kappa shape index (κ3) is 9.44. The first kappa shape index (κ1) is 14.1. The van der Waals surface area contributed by atoms with Crippen molar-refractivity contribution in [2.24, 2.45) is 0 Å². The molecule has 0 rings (SSSR count). The van der Waals surface area contributed by atoms with Gasteiger partial charge < -0.3 is 20.8 Å². The highest BCUT2D eigenvalue weighted by molar-refractivity contribution is 5.77. The van der Waals surface area contributed by atoms with Gasteiger partial charge in [-0.3, -0.25) is 4.79 Å². The monoisotopic (exact) mass is 230 g/mol. The second-order valence-electron chi connectivity index (χ2n) is 2.86. The Morgan fingerprint density at radius 2 is 2.00 bits per heavy atom. The standard InChI is InChI=1S/C7H13F3N2O3/c8-7(9,10)4-11-2-6(15)12-1-5(14)3-13/h5,11,13-14H,1-4H2,(H,12,15). The number of nitrogens with one attached hydrogen (secondary N) is 2. The van der Waals surface area contributed by atoms with Crippen LogP contribution in [0.5, 0.6) is 0 Å². The zero-order valence-electron chi connectivity index (χ0n) is 7.84. The quantitative estimate of drug-likeness (QED) is 0.453. The second-order valence-corrected chi connectivity index (χ2v) is 2.86. The smallest absolute Gasteiger partial charge is 0.394 e. The molecule has 1 atom stereocenters. The van der Waals surface area contributed by atoms with Gasteiger partial charge >= 0.3 is 6.18 Å². The van der Waals surface area contributed by atoms with Crippen molar-refractivity contribution < 1.29 is 28.2 Å². The van der Waals surface area contributed by atoms with E-state index in [1.807, 2.05) is 5.32 Å². The predicted octanol–water partition coefficient (Wildman–Crippen LogP) is -1.39. The molecule has 0 fully saturated rings. The first-order valence-electron chi connectivity index (χ1n) is 4.18. The van der Waals surface area contributed by atoms with E-state index >= 15 is 0 Å². The summed E-state index contributed by atoms with van der Waals surface area (Å²) in [7, 11) is 0. The molecule has 1 unspecified atom stereocenters. The molecular weight excluding hydrogens is 217 g/mol. The molecule has 0 saturated carbocycles. The van der Waals surface area contributed by atoms with E-state index in [9.17, 15) is 18.0 Å². The van der Waals surface area contributed by atoms with Crippen LogP contribution in [0.4, 0.5) is 13.2 Å². The zero-order valence-corrected chi connectivity index (χ0v) is 7.84. The minimum Gasteiger partial charge on any atom is -0.394 e. The predicted molar refractivity (Wildman–Crippen MR) is 45.0 cm³/mol. The molecular formula is C7H13F3N2O3.